The number of hydrogen-bond acceptors (Lipinski definition) is 1. The van der Waals surface area contributed by atoms with Crippen LogP contribution in [-0.2, 0) is 6.42 Å². The van der Waals surface area contributed by atoms with Gasteiger partial charge in [-0.15, -0.1) is 0 Å². The maximum atomic E-state index is 2.49. The van der Waals surface area contributed by atoms with E-state index in [4.69, 9.17) is 0 Å². The Kier molecular flexibility index (Phi) is 7.28. The van der Waals surface area contributed by atoms with Crippen molar-refractivity contribution in [2.45, 2.75) is 6.42 Å². The van der Waals surface area contributed by atoms with Gasteiger partial charge in [0, 0.05) is 33.1 Å². The SMILES string of the molecule is c1ccc(-c2ccc(N(c3ccccc3-c3ccccc3)c3cc4c(c5ccccc35)c3c5c(ccc3n4-c3ccccc3)Cc3ccccc3-5)cc2)cc1. The molecule has 1 aliphatic carbocycles. The lowest BCUT2D eigenvalue weighted by Gasteiger charge is -2.29. The van der Waals surface area contributed by atoms with Crippen molar-refractivity contribution in [3.05, 3.63) is 217 Å². The molecule has 0 saturated heterocycles. The van der Waals surface area contributed by atoms with Crippen LogP contribution in [0.4, 0.5) is 17.1 Å². The maximum absolute atomic E-state index is 2.49. The average Bonchev–Trinajstić information content (AvgIpc) is 3.81. The smallest absolute Gasteiger partial charge is 0.0568 e. The molecule has 0 radical (unpaired) electrons. The number of anilines is 3. The number of rotatable bonds is 6. The first kappa shape index (κ1) is 31.4. The molecule has 2 nitrogen and oxygen atoms in total. The van der Waals surface area contributed by atoms with E-state index < -0.39 is 0 Å². The Morgan fingerprint density at radius 2 is 0.982 bits per heavy atom. The van der Waals surface area contributed by atoms with Crippen LogP contribution in [0.3, 0.4) is 0 Å². The van der Waals surface area contributed by atoms with Crippen molar-refractivity contribution in [2.24, 2.45) is 0 Å². The molecule has 0 saturated carbocycles. The van der Waals surface area contributed by atoms with E-state index in [1.54, 1.807) is 0 Å². The van der Waals surface area contributed by atoms with Crippen LogP contribution in [0.15, 0.2) is 206 Å². The molecule has 0 spiro atoms. The quantitative estimate of drug-likeness (QED) is 0.168. The second kappa shape index (κ2) is 12.8. The van der Waals surface area contributed by atoms with Crippen LogP contribution >= 0.6 is 0 Å². The fraction of sp³-hybridized carbons (Fsp3) is 0.0189. The lowest BCUT2D eigenvalue weighted by Crippen LogP contribution is -2.12. The van der Waals surface area contributed by atoms with Crippen molar-refractivity contribution in [3.8, 4) is 39.1 Å². The second-order valence-electron chi connectivity index (χ2n) is 14.5. The molecule has 55 heavy (non-hydrogen) atoms. The Morgan fingerprint density at radius 3 is 1.75 bits per heavy atom. The Hall–Kier alpha value is -7.16. The lowest BCUT2D eigenvalue weighted by molar-refractivity contribution is 1.18. The predicted octanol–water partition coefficient (Wildman–Crippen LogP) is 14.3. The van der Waals surface area contributed by atoms with E-state index >= 15 is 0 Å². The summed E-state index contributed by atoms with van der Waals surface area (Å²) >= 11 is 0. The summed E-state index contributed by atoms with van der Waals surface area (Å²) in [6.45, 7) is 0. The third-order valence-electron chi connectivity index (χ3n) is 11.4. The molecule has 0 atom stereocenters. The maximum Gasteiger partial charge on any atom is 0.0568 e. The Balaban J connectivity index is 1.26. The first-order chi connectivity index (χ1) is 27.3. The van der Waals surface area contributed by atoms with Gasteiger partial charge < -0.3 is 9.47 Å². The van der Waals surface area contributed by atoms with E-state index in [1.807, 2.05) is 0 Å². The fourth-order valence-electron chi connectivity index (χ4n) is 8.98. The Morgan fingerprint density at radius 1 is 0.382 bits per heavy atom. The third-order valence-corrected chi connectivity index (χ3v) is 11.4. The molecular weight excluding hydrogens is 665 g/mol. The monoisotopic (exact) mass is 700 g/mol. The molecule has 0 amide bonds. The summed E-state index contributed by atoms with van der Waals surface area (Å²) in [5.74, 6) is 0. The molecule has 0 aliphatic heterocycles. The van der Waals surface area contributed by atoms with E-state index in [-0.39, 0.29) is 0 Å². The highest BCUT2D eigenvalue weighted by atomic mass is 15.1. The van der Waals surface area contributed by atoms with Crippen LogP contribution in [0.2, 0.25) is 0 Å². The standard InChI is InChI=1S/C53H36N2/c1-4-16-36(17-5-1)37-28-31-42(32-29-37)54(47-27-15-14-23-43(47)38-18-6-2-7-19-38)49-35-50-52(46-26-13-12-25-45(46)49)53-48(55(50)41-21-8-3-9-22-41)33-30-40-34-39-20-10-11-24-44(39)51(40)53/h1-33,35H,34H2. The number of benzene rings is 9. The van der Waals surface area contributed by atoms with Gasteiger partial charge in [-0.2, -0.15) is 0 Å². The molecule has 1 heterocycles. The molecule has 0 unspecified atom stereocenters. The highest BCUT2D eigenvalue weighted by molar-refractivity contribution is 6.28. The zero-order valence-corrected chi connectivity index (χ0v) is 30.2. The predicted molar refractivity (Wildman–Crippen MR) is 232 cm³/mol. The molecule has 258 valence electrons. The summed E-state index contributed by atoms with van der Waals surface area (Å²) in [6, 6.07) is 75.3. The van der Waals surface area contributed by atoms with Crippen molar-refractivity contribution in [3.63, 3.8) is 0 Å². The number of nitrogens with zero attached hydrogens (tertiary/aromatic N) is 2. The van der Waals surface area contributed by atoms with Gasteiger partial charge >= 0.3 is 0 Å². The molecule has 2 heteroatoms. The summed E-state index contributed by atoms with van der Waals surface area (Å²) in [5.41, 5.74) is 17.2. The molecule has 10 aromatic rings. The topological polar surface area (TPSA) is 8.17 Å². The largest absolute Gasteiger partial charge is 0.309 e. The van der Waals surface area contributed by atoms with Gasteiger partial charge in [-0.3, -0.25) is 0 Å². The van der Waals surface area contributed by atoms with Crippen LogP contribution < -0.4 is 4.90 Å². The zero-order valence-electron chi connectivity index (χ0n) is 30.2. The molecular formula is C53H36N2. The van der Waals surface area contributed by atoms with Crippen molar-refractivity contribution in [1.29, 1.82) is 0 Å². The molecule has 9 aromatic carbocycles. The van der Waals surface area contributed by atoms with E-state index in [2.05, 4.69) is 216 Å². The minimum atomic E-state index is 0.957. The van der Waals surface area contributed by atoms with Gasteiger partial charge in [-0.05, 0) is 93.2 Å². The molecule has 0 bridgehead atoms. The van der Waals surface area contributed by atoms with Crippen molar-refractivity contribution < 1.29 is 0 Å². The van der Waals surface area contributed by atoms with Crippen LogP contribution in [0, 0.1) is 0 Å². The Labute approximate surface area is 320 Å². The normalized spacial score (nSPS) is 11.9. The minimum absolute atomic E-state index is 0.957. The van der Waals surface area contributed by atoms with Gasteiger partial charge in [0.05, 0.1) is 22.4 Å². The summed E-state index contributed by atoms with van der Waals surface area (Å²) in [5, 5.41) is 5.08. The van der Waals surface area contributed by atoms with E-state index in [9.17, 15) is 0 Å². The zero-order chi connectivity index (χ0) is 36.3. The molecule has 1 aliphatic rings. The summed E-state index contributed by atoms with van der Waals surface area (Å²) in [6.07, 6.45) is 0.957. The molecule has 0 fully saturated rings. The third kappa shape index (κ3) is 5.03. The van der Waals surface area contributed by atoms with Gasteiger partial charge in [0.2, 0.25) is 0 Å². The Bertz CT molecular complexity index is 3030. The number of hydrogen-bond donors (Lipinski definition) is 0. The number of aromatic nitrogens is 1. The van der Waals surface area contributed by atoms with Crippen LogP contribution in [-0.4, -0.2) is 4.57 Å². The van der Waals surface area contributed by atoms with Crippen molar-refractivity contribution in [2.75, 3.05) is 4.90 Å². The van der Waals surface area contributed by atoms with Gasteiger partial charge in [0.15, 0.2) is 0 Å². The molecule has 11 rings (SSSR count). The number of fused-ring (bicyclic) bond motifs is 9. The summed E-state index contributed by atoms with van der Waals surface area (Å²) in [4.78, 5) is 2.48. The van der Waals surface area contributed by atoms with Gasteiger partial charge in [-0.25, -0.2) is 0 Å². The molecule has 0 N–H and O–H groups in total. The van der Waals surface area contributed by atoms with Crippen molar-refractivity contribution in [1.82, 2.24) is 4.57 Å². The second-order valence-corrected chi connectivity index (χ2v) is 14.5. The van der Waals surface area contributed by atoms with Crippen LogP contribution in [0.25, 0.3) is 71.6 Å². The molecule has 1 aromatic heterocycles. The minimum Gasteiger partial charge on any atom is -0.309 e. The first-order valence-corrected chi connectivity index (χ1v) is 19.1. The summed E-state index contributed by atoms with van der Waals surface area (Å²) in [7, 11) is 0. The van der Waals surface area contributed by atoms with E-state index in [1.165, 1.54) is 77.1 Å². The van der Waals surface area contributed by atoms with E-state index in [0.29, 0.717) is 0 Å². The lowest BCUT2D eigenvalue weighted by atomic mass is 9.95. The van der Waals surface area contributed by atoms with Gasteiger partial charge in [0.25, 0.3) is 0 Å². The highest BCUT2D eigenvalue weighted by Crippen LogP contribution is 2.51. The van der Waals surface area contributed by atoms with Gasteiger partial charge in [0.1, 0.15) is 0 Å². The van der Waals surface area contributed by atoms with Crippen LogP contribution in [0.1, 0.15) is 11.1 Å². The van der Waals surface area contributed by atoms with Crippen LogP contribution in [0.5, 0.6) is 0 Å². The van der Waals surface area contributed by atoms with Gasteiger partial charge in [-0.1, -0.05) is 164 Å². The first-order valence-electron chi connectivity index (χ1n) is 19.1. The highest BCUT2D eigenvalue weighted by Gasteiger charge is 2.28. The average molecular weight is 701 g/mol. The number of para-hydroxylation sites is 2. The van der Waals surface area contributed by atoms with E-state index in [0.717, 1.165) is 29.2 Å². The summed E-state index contributed by atoms with van der Waals surface area (Å²) < 4.78 is 2.49. The fourth-order valence-corrected chi connectivity index (χ4v) is 8.98. The van der Waals surface area contributed by atoms with Crippen molar-refractivity contribution >= 4 is 49.6 Å².